The van der Waals surface area contributed by atoms with Gasteiger partial charge in [0.2, 0.25) is 0 Å². The molecule has 0 atom stereocenters. The van der Waals surface area contributed by atoms with Crippen LogP contribution in [0, 0.1) is 0 Å². The maximum Gasteiger partial charge on any atom is 0.338 e. The molecular formula is C20H21Cl2NO5. The molecule has 0 unspecified atom stereocenters. The second-order valence-electron chi connectivity index (χ2n) is 5.79. The lowest BCUT2D eigenvalue weighted by Crippen LogP contribution is -2.21. The summed E-state index contributed by atoms with van der Waals surface area (Å²) in [6, 6.07) is 9.54. The molecule has 0 aliphatic rings. The molecule has 2 aromatic rings. The van der Waals surface area contributed by atoms with Crippen molar-refractivity contribution in [2.75, 3.05) is 25.6 Å². The zero-order valence-electron chi connectivity index (χ0n) is 15.6. The summed E-state index contributed by atoms with van der Waals surface area (Å²) < 4.78 is 15.9. The van der Waals surface area contributed by atoms with Gasteiger partial charge in [-0.2, -0.15) is 0 Å². The highest BCUT2D eigenvalue weighted by Gasteiger charge is 2.15. The van der Waals surface area contributed by atoms with Crippen LogP contribution < -0.4 is 14.8 Å². The summed E-state index contributed by atoms with van der Waals surface area (Å²) in [5, 5.41) is 3.07. The second-order valence-corrected chi connectivity index (χ2v) is 6.58. The number of ether oxygens (including phenoxy) is 3. The first kappa shape index (κ1) is 21.9. The van der Waals surface area contributed by atoms with Gasteiger partial charge in [-0.05, 0) is 36.8 Å². The monoisotopic (exact) mass is 425 g/mol. The number of carbonyl (C=O) groups is 2. The van der Waals surface area contributed by atoms with Gasteiger partial charge in [-0.1, -0.05) is 42.6 Å². The Morgan fingerprint density at radius 1 is 1.11 bits per heavy atom. The number of halogens is 2. The normalized spacial score (nSPS) is 10.3. The zero-order chi connectivity index (χ0) is 20.5. The number of carbonyl (C=O) groups excluding carboxylic acids is 2. The summed E-state index contributed by atoms with van der Waals surface area (Å²) >= 11 is 11.9. The molecule has 0 aliphatic carbocycles. The van der Waals surface area contributed by atoms with Crippen LogP contribution in [0.4, 0.5) is 5.69 Å². The summed E-state index contributed by atoms with van der Waals surface area (Å²) in [4.78, 5) is 24.2. The SMILES string of the molecule is CCCCOc1ccc(C(=O)OCC(=O)Nc2cccc(Cl)c2Cl)cc1OC. The Bertz CT molecular complexity index is 841. The van der Waals surface area contributed by atoms with Crippen molar-refractivity contribution in [3.8, 4) is 11.5 Å². The number of methoxy groups -OCH3 is 1. The standard InChI is InChI=1S/C20H21Cl2NO5/c1-3-4-10-27-16-9-8-13(11-17(16)26-2)20(25)28-12-18(24)23-15-7-5-6-14(21)19(15)22/h5-9,11H,3-4,10,12H2,1-2H3,(H,23,24). The topological polar surface area (TPSA) is 73.9 Å². The fourth-order valence-electron chi connectivity index (χ4n) is 2.24. The van der Waals surface area contributed by atoms with Crippen LogP contribution in [0.1, 0.15) is 30.1 Å². The fraction of sp³-hybridized carbons (Fsp3) is 0.300. The van der Waals surface area contributed by atoms with E-state index in [0.717, 1.165) is 12.8 Å². The van der Waals surface area contributed by atoms with E-state index in [1.54, 1.807) is 30.3 Å². The Kier molecular flexibility index (Phi) is 8.42. The first-order chi connectivity index (χ1) is 13.5. The van der Waals surface area contributed by atoms with Gasteiger partial charge in [0.15, 0.2) is 18.1 Å². The van der Waals surface area contributed by atoms with Crippen LogP contribution in [0.15, 0.2) is 36.4 Å². The molecule has 1 N–H and O–H groups in total. The van der Waals surface area contributed by atoms with E-state index in [9.17, 15) is 9.59 Å². The molecule has 0 spiro atoms. The third-order valence-electron chi connectivity index (χ3n) is 3.71. The lowest BCUT2D eigenvalue weighted by molar-refractivity contribution is -0.119. The average molecular weight is 426 g/mol. The molecule has 8 heteroatoms. The molecule has 0 radical (unpaired) electrons. The van der Waals surface area contributed by atoms with Gasteiger partial charge in [0, 0.05) is 0 Å². The van der Waals surface area contributed by atoms with Gasteiger partial charge in [-0.15, -0.1) is 0 Å². The fourth-order valence-corrected chi connectivity index (χ4v) is 2.59. The number of benzene rings is 2. The zero-order valence-corrected chi connectivity index (χ0v) is 17.1. The van der Waals surface area contributed by atoms with Gasteiger partial charge in [0.05, 0.1) is 35.0 Å². The van der Waals surface area contributed by atoms with Crippen molar-refractivity contribution >= 4 is 40.8 Å². The predicted octanol–water partition coefficient (Wildman–Crippen LogP) is 4.98. The molecule has 0 heterocycles. The highest BCUT2D eigenvalue weighted by molar-refractivity contribution is 6.44. The van der Waals surface area contributed by atoms with E-state index in [2.05, 4.69) is 12.2 Å². The average Bonchev–Trinajstić information content (AvgIpc) is 2.70. The van der Waals surface area contributed by atoms with E-state index in [0.29, 0.717) is 28.8 Å². The maximum absolute atomic E-state index is 12.2. The Hall–Kier alpha value is -2.44. The Labute approximate surface area is 173 Å². The lowest BCUT2D eigenvalue weighted by atomic mass is 10.2. The summed E-state index contributed by atoms with van der Waals surface area (Å²) in [7, 11) is 1.49. The van der Waals surface area contributed by atoms with Gasteiger partial charge in [0.1, 0.15) is 0 Å². The van der Waals surface area contributed by atoms with Crippen LogP contribution in [0.5, 0.6) is 11.5 Å². The minimum Gasteiger partial charge on any atom is -0.493 e. The summed E-state index contributed by atoms with van der Waals surface area (Å²) in [6.45, 7) is 2.15. The van der Waals surface area contributed by atoms with Gasteiger partial charge >= 0.3 is 5.97 Å². The van der Waals surface area contributed by atoms with E-state index in [1.807, 2.05) is 0 Å². The van der Waals surface area contributed by atoms with E-state index in [1.165, 1.54) is 13.2 Å². The van der Waals surface area contributed by atoms with Gasteiger partial charge in [-0.3, -0.25) is 4.79 Å². The Morgan fingerprint density at radius 2 is 1.89 bits per heavy atom. The van der Waals surface area contributed by atoms with E-state index in [4.69, 9.17) is 37.4 Å². The number of anilines is 1. The summed E-state index contributed by atoms with van der Waals surface area (Å²) in [5.41, 5.74) is 0.582. The molecule has 28 heavy (non-hydrogen) atoms. The highest BCUT2D eigenvalue weighted by atomic mass is 35.5. The molecule has 0 saturated carbocycles. The molecule has 2 aromatic carbocycles. The van der Waals surface area contributed by atoms with E-state index in [-0.39, 0.29) is 10.6 Å². The first-order valence-corrected chi connectivity index (χ1v) is 9.43. The second kappa shape index (κ2) is 10.8. The molecule has 0 aliphatic heterocycles. The molecule has 0 saturated heterocycles. The third-order valence-corrected chi connectivity index (χ3v) is 4.53. The lowest BCUT2D eigenvalue weighted by Gasteiger charge is -2.12. The number of hydrogen-bond donors (Lipinski definition) is 1. The van der Waals surface area contributed by atoms with Crippen molar-refractivity contribution in [2.24, 2.45) is 0 Å². The number of nitrogens with one attached hydrogen (secondary N) is 1. The first-order valence-electron chi connectivity index (χ1n) is 8.68. The molecule has 0 bridgehead atoms. The van der Waals surface area contributed by atoms with Gasteiger partial charge in [0.25, 0.3) is 5.91 Å². The summed E-state index contributed by atoms with van der Waals surface area (Å²) in [5.74, 6) is -0.240. The summed E-state index contributed by atoms with van der Waals surface area (Å²) in [6.07, 6.45) is 1.92. The van der Waals surface area contributed by atoms with Crippen LogP contribution in [0.25, 0.3) is 0 Å². The third kappa shape index (κ3) is 6.04. The van der Waals surface area contributed by atoms with Gasteiger partial charge in [-0.25, -0.2) is 4.79 Å². The minimum absolute atomic E-state index is 0.215. The smallest absolute Gasteiger partial charge is 0.338 e. The van der Waals surface area contributed by atoms with Crippen molar-refractivity contribution in [2.45, 2.75) is 19.8 Å². The molecular weight excluding hydrogens is 405 g/mol. The minimum atomic E-state index is -0.661. The van der Waals surface area contributed by atoms with Gasteiger partial charge < -0.3 is 19.5 Å². The van der Waals surface area contributed by atoms with Crippen molar-refractivity contribution in [3.05, 3.63) is 52.0 Å². The van der Waals surface area contributed by atoms with Crippen LogP contribution in [0.2, 0.25) is 10.0 Å². The number of rotatable bonds is 9. The van der Waals surface area contributed by atoms with E-state index < -0.39 is 18.5 Å². The number of hydrogen-bond acceptors (Lipinski definition) is 5. The van der Waals surface area contributed by atoms with Crippen LogP contribution >= 0.6 is 23.2 Å². The Morgan fingerprint density at radius 3 is 2.61 bits per heavy atom. The quantitative estimate of drug-likeness (QED) is 0.453. The van der Waals surface area contributed by atoms with Crippen LogP contribution in [-0.4, -0.2) is 32.2 Å². The van der Waals surface area contributed by atoms with Crippen molar-refractivity contribution in [1.82, 2.24) is 0 Å². The molecule has 0 fully saturated rings. The van der Waals surface area contributed by atoms with Crippen LogP contribution in [-0.2, 0) is 9.53 Å². The molecule has 1 amide bonds. The molecule has 2 rings (SSSR count). The maximum atomic E-state index is 12.2. The van der Waals surface area contributed by atoms with E-state index >= 15 is 0 Å². The molecule has 0 aromatic heterocycles. The number of esters is 1. The molecule has 6 nitrogen and oxygen atoms in total. The largest absolute Gasteiger partial charge is 0.493 e. The highest BCUT2D eigenvalue weighted by Crippen LogP contribution is 2.30. The predicted molar refractivity (Wildman–Crippen MR) is 109 cm³/mol. The Balaban J connectivity index is 1.94. The number of amides is 1. The van der Waals surface area contributed by atoms with Crippen molar-refractivity contribution in [3.63, 3.8) is 0 Å². The van der Waals surface area contributed by atoms with Crippen LogP contribution in [0.3, 0.4) is 0 Å². The van der Waals surface area contributed by atoms with Crippen molar-refractivity contribution in [1.29, 1.82) is 0 Å². The van der Waals surface area contributed by atoms with Crippen molar-refractivity contribution < 1.29 is 23.8 Å². The molecule has 150 valence electrons. The number of unbranched alkanes of at least 4 members (excludes halogenated alkanes) is 1.